The quantitative estimate of drug-likeness (QED) is 0.660. The molecule has 3 heteroatoms. The molecule has 2 rings (SSSR count). The SMILES string of the molecule is O=CCc1cc2ccc(F)cc2o1. The third-order valence-electron chi connectivity index (χ3n) is 1.82. The zero-order valence-electron chi connectivity index (χ0n) is 6.79. The molecular formula is C10H7FO2. The van der Waals surface area contributed by atoms with Gasteiger partial charge in [0.2, 0.25) is 0 Å². The highest BCUT2D eigenvalue weighted by atomic mass is 19.1. The Kier molecular flexibility index (Phi) is 1.85. The van der Waals surface area contributed by atoms with Gasteiger partial charge in [-0.05, 0) is 18.2 Å². The summed E-state index contributed by atoms with van der Waals surface area (Å²) >= 11 is 0. The average molecular weight is 178 g/mol. The van der Waals surface area contributed by atoms with E-state index in [0.29, 0.717) is 11.3 Å². The van der Waals surface area contributed by atoms with Crippen molar-refractivity contribution in [3.63, 3.8) is 0 Å². The van der Waals surface area contributed by atoms with Crippen molar-refractivity contribution in [1.82, 2.24) is 0 Å². The summed E-state index contributed by atoms with van der Waals surface area (Å²) in [5, 5.41) is 0.818. The Bertz CT molecular complexity index is 445. The molecule has 1 heterocycles. The maximum atomic E-state index is 12.7. The number of fused-ring (bicyclic) bond motifs is 1. The third-order valence-corrected chi connectivity index (χ3v) is 1.82. The summed E-state index contributed by atoms with van der Waals surface area (Å²) in [6.45, 7) is 0. The number of carbonyl (C=O) groups excluding carboxylic acids is 1. The van der Waals surface area contributed by atoms with Gasteiger partial charge in [-0.3, -0.25) is 0 Å². The minimum atomic E-state index is -0.334. The maximum Gasteiger partial charge on any atom is 0.137 e. The van der Waals surface area contributed by atoms with Gasteiger partial charge in [0.1, 0.15) is 23.4 Å². The molecular weight excluding hydrogens is 171 g/mol. The lowest BCUT2D eigenvalue weighted by Gasteiger charge is -1.86. The van der Waals surface area contributed by atoms with Gasteiger partial charge >= 0.3 is 0 Å². The Balaban J connectivity index is 2.55. The highest BCUT2D eigenvalue weighted by molar-refractivity contribution is 5.78. The van der Waals surface area contributed by atoms with Crippen LogP contribution in [-0.4, -0.2) is 6.29 Å². The van der Waals surface area contributed by atoms with Crippen molar-refractivity contribution in [1.29, 1.82) is 0 Å². The molecule has 0 amide bonds. The summed E-state index contributed by atoms with van der Waals surface area (Å²) in [5.41, 5.74) is 0.483. The van der Waals surface area contributed by atoms with E-state index in [1.54, 1.807) is 12.1 Å². The van der Waals surface area contributed by atoms with Gasteiger partial charge < -0.3 is 9.21 Å². The maximum absolute atomic E-state index is 12.7. The number of rotatable bonds is 2. The molecule has 2 aromatic rings. The highest BCUT2D eigenvalue weighted by Crippen LogP contribution is 2.20. The van der Waals surface area contributed by atoms with E-state index in [2.05, 4.69) is 0 Å². The molecule has 0 unspecified atom stereocenters. The molecule has 2 nitrogen and oxygen atoms in total. The fourth-order valence-electron chi connectivity index (χ4n) is 1.24. The van der Waals surface area contributed by atoms with E-state index < -0.39 is 0 Å². The monoisotopic (exact) mass is 178 g/mol. The topological polar surface area (TPSA) is 30.2 Å². The van der Waals surface area contributed by atoms with Crippen molar-refractivity contribution in [3.05, 3.63) is 35.8 Å². The average Bonchev–Trinajstić information content (AvgIpc) is 2.46. The largest absolute Gasteiger partial charge is 0.461 e. The fraction of sp³-hybridized carbons (Fsp3) is 0.100. The summed E-state index contributed by atoms with van der Waals surface area (Å²) < 4.78 is 17.9. The van der Waals surface area contributed by atoms with E-state index in [4.69, 9.17) is 4.42 Å². The molecule has 0 fully saturated rings. The molecule has 1 aromatic carbocycles. The van der Waals surface area contributed by atoms with Crippen molar-refractivity contribution in [2.75, 3.05) is 0 Å². The first-order valence-corrected chi connectivity index (χ1v) is 3.91. The van der Waals surface area contributed by atoms with Crippen LogP contribution in [0, 0.1) is 5.82 Å². The van der Waals surface area contributed by atoms with Gasteiger partial charge in [-0.1, -0.05) is 0 Å². The number of hydrogen-bond donors (Lipinski definition) is 0. The minimum absolute atomic E-state index is 0.232. The molecule has 66 valence electrons. The Morgan fingerprint density at radius 2 is 2.23 bits per heavy atom. The van der Waals surface area contributed by atoms with Crippen LogP contribution >= 0.6 is 0 Å². The van der Waals surface area contributed by atoms with Crippen LogP contribution < -0.4 is 0 Å². The Morgan fingerprint density at radius 3 is 3.00 bits per heavy atom. The van der Waals surface area contributed by atoms with Crippen LogP contribution in [0.3, 0.4) is 0 Å². The van der Waals surface area contributed by atoms with Crippen molar-refractivity contribution < 1.29 is 13.6 Å². The Morgan fingerprint density at radius 1 is 1.38 bits per heavy atom. The molecule has 0 radical (unpaired) electrons. The molecule has 0 bridgehead atoms. The lowest BCUT2D eigenvalue weighted by molar-refractivity contribution is -0.107. The van der Waals surface area contributed by atoms with E-state index in [-0.39, 0.29) is 12.2 Å². The van der Waals surface area contributed by atoms with Crippen LogP contribution in [-0.2, 0) is 11.2 Å². The van der Waals surface area contributed by atoms with Crippen LogP contribution in [0.25, 0.3) is 11.0 Å². The van der Waals surface area contributed by atoms with Crippen LogP contribution in [0.5, 0.6) is 0 Å². The summed E-state index contributed by atoms with van der Waals surface area (Å²) in [4.78, 5) is 10.2. The minimum Gasteiger partial charge on any atom is -0.461 e. The molecule has 0 atom stereocenters. The van der Waals surface area contributed by atoms with Crippen molar-refractivity contribution in [2.24, 2.45) is 0 Å². The first-order valence-electron chi connectivity index (χ1n) is 3.91. The summed E-state index contributed by atoms with van der Waals surface area (Å²) in [6, 6.07) is 6.04. The van der Waals surface area contributed by atoms with Crippen molar-refractivity contribution >= 4 is 17.3 Å². The normalized spacial score (nSPS) is 10.5. The zero-order chi connectivity index (χ0) is 9.26. The lowest BCUT2D eigenvalue weighted by Crippen LogP contribution is -1.78. The number of halogens is 1. The fourth-order valence-corrected chi connectivity index (χ4v) is 1.24. The van der Waals surface area contributed by atoms with Gasteiger partial charge in [0.05, 0.1) is 6.42 Å². The first kappa shape index (κ1) is 7.98. The summed E-state index contributed by atoms with van der Waals surface area (Å²) in [5.74, 6) is 0.232. The van der Waals surface area contributed by atoms with Gasteiger partial charge in [-0.25, -0.2) is 4.39 Å². The summed E-state index contributed by atoms with van der Waals surface area (Å²) in [6.07, 6.45) is 0.990. The Hall–Kier alpha value is -1.64. The molecule has 0 saturated heterocycles. The predicted octanol–water partition coefficient (Wildman–Crippen LogP) is 2.31. The van der Waals surface area contributed by atoms with Gasteiger partial charge in [-0.2, -0.15) is 0 Å². The van der Waals surface area contributed by atoms with Gasteiger partial charge in [0, 0.05) is 11.5 Å². The zero-order valence-corrected chi connectivity index (χ0v) is 6.79. The number of benzene rings is 1. The highest BCUT2D eigenvalue weighted by Gasteiger charge is 2.03. The molecule has 0 aliphatic rings. The van der Waals surface area contributed by atoms with Crippen LogP contribution in [0.1, 0.15) is 5.76 Å². The molecule has 0 aliphatic heterocycles. The van der Waals surface area contributed by atoms with E-state index >= 15 is 0 Å². The van der Waals surface area contributed by atoms with Gasteiger partial charge in [0.25, 0.3) is 0 Å². The van der Waals surface area contributed by atoms with Gasteiger partial charge in [0.15, 0.2) is 0 Å². The predicted molar refractivity (Wildman–Crippen MR) is 45.9 cm³/mol. The second-order valence-corrected chi connectivity index (χ2v) is 2.77. The molecule has 0 aliphatic carbocycles. The van der Waals surface area contributed by atoms with E-state index in [1.165, 1.54) is 12.1 Å². The second kappa shape index (κ2) is 3.01. The first-order chi connectivity index (χ1) is 6.29. The van der Waals surface area contributed by atoms with Crippen LogP contribution in [0.15, 0.2) is 28.7 Å². The van der Waals surface area contributed by atoms with E-state index in [9.17, 15) is 9.18 Å². The van der Waals surface area contributed by atoms with Crippen LogP contribution in [0.4, 0.5) is 4.39 Å². The number of carbonyl (C=O) groups is 1. The lowest BCUT2D eigenvalue weighted by atomic mass is 10.2. The molecule has 0 spiro atoms. The molecule has 13 heavy (non-hydrogen) atoms. The third kappa shape index (κ3) is 1.45. The van der Waals surface area contributed by atoms with Crippen molar-refractivity contribution in [3.8, 4) is 0 Å². The van der Waals surface area contributed by atoms with E-state index in [1.807, 2.05) is 0 Å². The number of aldehydes is 1. The molecule has 0 N–H and O–H groups in total. The number of furan rings is 1. The molecule has 1 aromatic heterocycles. The number of hydrogen-bond acceptors (Lipinski definition) is 2. The van der Waals surface area contributed by atoms with Crippen LogP contribution in [0.2, 0.25) is 0 Å². The van der Waals surface area contributed by atoms with E-state index in [0.717, 1.165) is 11.7 Å². The smallest absolute Gasteiger partial charge is 0.137 e. The Labute approximate surface area is 74.0 Å². The van der Waals surface area contributed by atoms with Crippen molar-refractivity contribution in [2.45, 2.75) is 6.42 Å². The van der Waals surface area contributed by atoms with Gasteiger partial charge in [-0.15, -0.1) is 0 Å². The second-order valence-electron chi connectivity index (χ2n) is 2.77. The standard InChI is InChI=1S/C10H7FO2/c11-8-2-1-7-5-9(3-4-12)13-10(7)6-8/h1-2,4-6H,3H2. The summed E-state index contributed by atoms with van der Waals surface area (Å²) in [7, 11) is 0. The molecule has 0 saturated carbocycles.